The molecule has 150 valence electrons. The van der Waals surface area contributed by atoms with Crippen LogP contribution in [-0.4, -0.2) is 44.2 Å². The number of aliphatic hydroxyl groups is 1. The molecule has 1 aliphatic rings. The van der Waals surface area contributed by atoms with Crippen LogP contribution in [0.5, 0.6) is 0 Å². The molecular formula is C19H21ClN2O4S2. The highest BCUT2D eigenvalue weighted by Gasteiger charge is 2.39. The molecule has 1 fully saturated rings. The number of anilines is 1. The van der Waals surface area contributed by atoms with Crippen LogP contribution in [0.3, 0.4) is 0 Å². The minimum atomic E-state index is -0.974. The third kappa shape index (κ3) is 4.68. The number of alkyl halides is 1. The van der Waals surface area contributed by atoms with E-state index in [1.807, 2.05) is 31.2 Å². The number of carbonyl (C=O) groups is 2. The lowest BCUT2D eigenvalue weighted by molar-refractivity contribution is -0.116. The summed E-state index contributed by atoms with van der Waals surface area (Å²) in [5.74, 6) is -0.376. The van der Waals surface area contributed by atoms with Gasteiger partial charge in [-0.15, -0.1) is 22.9 Å². The number of hydrogen-bond acceptors (Lipinski definition) is 6. The Balaban J connectivity index is 1.65. The fraction of sp³-hybridized carbons (Fsp3) is 0.421. The maximum atomic E-state index is 12.6. The number of carbonyl (C=O) groups excluding carboxylic acids is 1. The molecular weight excluding hydrogens is 420 g/mol. The number of aromatic nitrogens is 1. The third-order valence-corrected chi connectivity index (χ3v) is 7.20. The fourth-order valence-corrected chi connectivity index (χ4v) is 5.40. The van der Waals surface area contributed by atoms with Crippen LogP contribution in [0.2, 0.25) is 0 Å². The minimum Gasteiger partial charge on any atom is -0.477 e. The molecule has 28 heavy (non-hydrogen) atoms. The highest BCUT2D eigenvalue weighted by Crippen LogP contribution is 2.34. The molecule has 3 atom stereocenters. The highest BCUT2D eigenvalue weighted by atomic mass is 35.5. The monoisotopic (exact) mass is 440 g/mol. The van der Waals surface area contributed by atoms with E-state index in [1.54, 1.807) is 4.90 Å². The highest BCUT2D eigenvalue weighted by molar-refractivity contribution is 8.01. The summed E-state index contributed by atoms with van der Waals surface area (Å²) in [4.78, 5) is 29.6. The number of halogens is 1. The van der Waals surface area contributed by atoms with Crippen molar-refractivity contribution in [3.8, 4) is 0 Å². The number of hydrogen-bond donors (Lipinski definition) is 2. The molecule has 3 rings (SSSR count). The zero-order valence-electron chi connectivity index (χ0n) is 15.2. The number of carboxylic acid groups (broad SMARTS) is 1. The average Bonchev–Trinajstić information content (AvgIpc) is 3.27. The number of rotatable bonds is 8. The molecule has 1 saturated heterocycles. The summed E-state index contributed by atoms with van der Waals surface area (Å²) in [6.07, 6.45) is 2.78. The van der Waals surface area contributed by atoms with Gasteiger partial charge in [0, 0.05) is 17.5 Å². The van der Waals surface area contributed by atoms with Crippen molar-refractivity contribution in [1.29, 1.82) is 0 Å². The topological polar surface area (TPSA) is 90.7 Å². The Morgan fingerprint density at radius 1 is 1.43 bits per heavy atom. The Bertz CT molecular complexity index is 843. The van der Waals surface area contributed by atoms with Gasteiger partial charge in [-0.05, 0) is 37.0 Å². The van der Waals surface area contributed by atoms with E-state index >= 15 is 0 Å². The molecule has 1 aliphatic heterocycles. The lowest BCUT2D eigenvalue weighted by Gasteiger charge is -2.25. The van der Waals surface area contributed by atoms with Crippen LogP contribution in [-0.2, 0) is 4.79 Å². The maximum Gasteiger partial charge on any atom is 0.347 e. The van der Waals surface area contributed by atoms with E-state index in [2.05, 4.69) is 4.98 Å². The van der Waals surface area contributed by atoms with Gasteiger partial charge >= 0.3 is 5.97 Å². The van der Waals surface area contributed by atoms with Crippen LogP contribution in [0.15, 0.2) is 34.8 Å². The first-order chi connectivity index (χ1) is 13.4. The standard InChI is InChI=1S/C19H21ClN2O4S2/c1-2-15(23)11-3-5-12(6-4-11)22-13(9-14(20)17(22)24)7-8-27-19-21-10-16(28-19)18(25)26/h3-6,10,13-15,23H,2,7-9H2,1H3,(H,25,26). The van der Waals surface area contributed by atoms with E-state index in [-0.39, 0.29) is 16.8 Å². The van der Waals surface area contributed by atoms with Gasteiger partial charge < -0.3 is 15.1 Å². The van der Waals surface area contributed by atoms with Crippen molar-refractivity contribution in [2.45, 2.75) is 48.0 Å². The number of amides is 1. The Labute approximate surface area is 176 Å². The summed E-state index contributed by atoms with van der Waals surface area (Å²) < 4.78 is 0.702. The van der Waals surface area contributed by atoms with Gasteiger partial charge in [-0.25, -0.2) is 9.78 Å². The second kappa shape index (κ2) is 9.26. The van der Waals surface area contributed by atoms with Gasteiger partial charge in [0.05, 0.1) is 12.3 Å². The fourth-order valence-electron chi connectivity index (χ4n) is 3.16. The lowest BCUT2D eigenvalue weighted by atomic mass is 10.1. The van der Waals surface area contributed by atoms with E-state index < -0.39 is 17.5 Å². The second-order valence-electron chi connectivity index (χ2n) is 6.51. The van der Waals surface area contributed by atoms with E-state index in [0.29, 0.717) is 22.9 Å². The van der Waals surface area contributed by atoms with Gasteiger partial charge in [0.25, 0.3) is 0 Å². The number of thioether (sulfide) groups is 1. The van der Waals surface area contributed by atoms with Crippen LogP contribution in [0.4, 0.5) is 5.69 Å². The predicted octanol–water partition coefficient (Wildman–Crippen LogP) is 4.18. The Hall–Kier alpha value is -1.61. The Morgan fingerprint density at radius 3 is 2.75 bits per heavy atom. The van der Waals surface area contributed by atoms with Gasteiger partial charge in [-0.2, -0.15) is 0 Å². The van der Waals surface area contributed by atoms with Crippen molar-refractivity contribution in [2.75, 3.05) is 10.7 Å². The maximum absolute atomic E-state index is 12.6. The van der Waals surface area contributed by atoms with E-state index in [0.717, 1.165) is 29.0 Å². The molecule has 1 aromatic carbocycles. The third-order valence-electron chi connectivity index (χ3n) is 4.66. The predicted molar refractivity (Wildman–Crippen MR) is 112 cm³/mol. The Morgan fingerprint density at radius 2 is 2.14 bits per heavy atom. The number of carboxylic acids is 1. The summed E-state index contributed by atoms with van der Waals surface area (Å²) in [6, 6.07) is 7.35. The van der Waals surface area contributed by atoms with Crippen molar-refractivity contribution in [1.82, 2.24) is 4.98 Å². The molecule has 0 spiro atoms. The number of aliphatic hydroxyl groups excluding tert-OH is 1. The normalized spacial score (nSPS) is 20.5. The van der Waals surface area contributed by atoms with Gasteiger partial charge in [0.2, 0.25) is 5.91 Å². The summed E-state index contributed by atoms with van der Waals surface area (Å²) in [6.45, 7) is 1.91. The van der Waals surface area contributed by atoms with Crippen molar-refractivity contribution in [3.63, 3.8) is 0 Å². The molecule has 6 nitrogen and oxygen atoms in total. The van der Waals surface area contributed by atoms with E-state index in [4.69, 9.17) is 16.7 Å². The number of benzene rings is 1. The number of nitrogens with zero attached hydrogens (tertiary/aromatic N) is 2. The molecule has 2 N–H and O–H groups in total. The van der Waals surface area contributed by atoms with Crippen LogP contribution >= 0.6 is 34.7 Å². The Kier molecular flexibility index (Phi) is 6.98. The molecule has 2 heterocycles. The quantitative estimate of drug-likeness (QED) is 0.472. The lowest BCUT2D eigenvalue weighted by Crippen LogP contribution is -2.34. The minimum absolute atomic E-state index is 0.0247. The number of aromatic carboxylic acids is 1. The summed E-state index contributed by atoms with van der Waals surface area (Å²) >= 11 is 8.86. The molecule has 0 bridgehead atoms. The molecule has 0 saturated carbocycles. The molecule has 2 aromatic rings. The first-order valence-electron chi connectivity index (χ1n) is 8.97. The van der Waals surface area contributed by atoms with Gasteiger partial charge in [-0.3, -0.25) is 4.79 Å². The van der Waals surface area contributed by atoms with Crippen molar-refractivity contribution < 1.29 is 19.8 Å². The zero-order chi connectivity index (χ0) is 20.3. The van der Waals surface area contributed by atoms with Crippen LogP contribution < -0.4 is 4.90 Å². The van der Waals surface area contributed by atoms with Gasteiger partial charge in [0.1, 0.15) is 10.3 Å². The molecule has 0 radical (unpaired) electrons. The summed E-state index contributed by atoms with van der Waals surface area (Å²) in [5, 5.41) is 18.4. The van der Waals surface area contributed by atoms with Crippen LogP contribution in [0.25, 0.3) is 0 Å². The van der Waals surface area contributed by atoms with Crippen LogP contribution in [0.1, 0.15) is 47.5 Å². The zero-order valence-corrected chi connectivity index (χ0v) is 17.6. The van der Waals surface area contributed by atoms with Crippen molar-refractivity contribution in [2.24, 2.45) is 0 Å². The number of thiazole rings is 1. The van der Waals surface area contributed by atoms with Gasteiger partial charge in [-0.1, -0.05) is 30.8 Å². The molecule has 1 amide bonds. The van der Waals surface area contributed by atoms with E-state index in [9.17, 15) is 14.7 Å². The van der Waals surface area contributed by atoms with Gasteiger partial charge in [0.15, 0.2) is 4.34 Å². The first kappa shape index (κ1) is 21.1. The largest absolute Gasteiger partial charge is 0.477 e. The van der Waals surface area contributed by atoms with E-state index in [1.165, 1.54) is 18.0 Å². The van der Waals surface area contributed by atoms with Crippen molar-refractivity contribution in [3.05, 3.63) is 40.9 Å². The second-order valence-corrected chi connectivity index (χ2v) is 9.41. The summed E-state index contributed by atoms with van der Waals surface area (Å²) in [7, 11) is 0. The molecule has 9 heteroatoms. The van der Waals surface area contributed by atoms with Crippen molar-refractivity contribution >= 4 is 52.3 Å². The summed E-state index contributed by atoms with van der Waals surface area (Å²) in [5.41, 5.74) is 1.60. The SMILES string of the molecule is CCC(O)c1ccc(N2C(=O)C(Cl)CC2CCSc2ncc(C(=O)O)s2)cc1. The van der Waals surface area contributed by atoms with Crippen LogP contribution in [0, 0.1) is 0 Å². The first-order valence-corrected chi connectivity index (χ1v) is 11.2. The molecule has 3 unspecified atom stereocenters. The smallest absolute Gasteiger partial charge is 0.347 e. The molecule has 0 aliphatic carbocycles. The molecule has 1 aromatic heterocycles. The average molecular weight is 441 g/mol.